The second kappa shape index (κ2) is 19.1. The third-order valence-corrected chi connectivity index (χ3v) is 12.4. The molecule has 1 aromatic carbocycles. The monoisotopic (exact) mass is 816 g/mol. The molecular weight excluding hydrogens is 760 g/mol. The first-order chi connectivity index (χ1) is 26.1. The highest BCUT2D eigenvalue weighted by molar-refractivity contribution is 9.09. The number of hydrogen-bond donors (Lipinski definition) is 2. The van der Waals surface area contributed by atoms with Gasteiger partial charge in [0.2, 0.25) is 17.7 Å². The van der Waals surface area contributed by atoms with E-state index >= 15 is 0 Å². The Morgan fingerprint density at radius 3 is 2.54 bits per heavy atom. The number of halogens is 1. The Hall–Kier alpha value is -3.14. The van der Waals surface area contributed by atoms with E-state index in [9.17, 15) is 24.3 Å². The number of methoxy groups -OCH3 is 1. The van der Waals surface area contributed by atoms with Crippen LogP contribution in [0.1, 0.15) is 51.2 Å². The molecule has 1 aromatic rings. The topological polar surface area (TPSA) is 147 Å². The Labute approximate surface area is 327 Å². The standard InChI is InChI=1S/C40H57BrN4O9/c1-6-9-15-31(47)42-29(25-51-5)34(27-13-11-10-12-14-27)53-39(50)32-33-37(48)45(30(24-46)26(4)8-3)36(40(33)23-28(41)35(32)54-40)38(49)44(16-7-2)18-17-43-19-21-52-22-20-43/h6-7,10-14,26,28-30,32-36,46H,1-2,8-9,15-25H2,3-5H3,(H,42,47)/t26-,28?,29-,30-,32-,33+,34-,35-,36-,40+/m0/s1. The van der Waals surface area contributed by atoms with Crippen molar-refractivity contribution >= 4 is 39.6 Å². The first-order valence-electron chi connectivity index (χ1n) is 19.2. The zero-order valence-corrected chi connectivity index (χ0v) is 33.4. The highest BCUT2D eigenvalue weighted by Crippen LogP contribution is 2.61. The second-order valence-electron chi connectivity index (χ2n) is 14.8. The van der Waals surface area contributed by atoms with Gasteiger partial charge in [-0.15, -0.1) is 13.2 Å². The predicted octanol–water partition coefficient (Wildman–Crippen LogP) is 2.87. The molecule has 1 unspecified atom stereocenters. The number of aliphatic hydroxyl groups is 1. The summed E-state index contributed by atoms with van der Waals surface area (Å²) in [5, 5.41) is 13.8. The number of morpholine rings is 1. The minimum atomic E-state index is -1.36. The Morgan fingerprint density at radius 1 is 1.19 bits per heavy atom. The number of ether oxygens (including phenoxy) is 4. The number of likely N-dealkylation sites (tertiary alicyclic amines) is 1. The molecule has 5 rings (SSSR count). The van der Waals surface area contributed by atoms with E-state index in [1.54, 1.807) is 17.1 Å². The molecule has 0 aliphatic carbocycles. The van der Waals surface area contributed by atoms with Crippen LogP contribution in [0, 0.1) is 17.8 Å². The van der Waals surface area contributed by atoms with Crippen molar-refractivity contribution in [2.75, 3.05) is 66.3 Å². The molecule has 14 heteroatoms. The van der Waals surface area contributed by atoms with E-state index in [0.717, 1.165) is 13.1 Å². The lowest BCUT2D eigenvalue weighted by Gasteiger charge is -2.41. The van der Waals surface area contributed by atoms with Crippen molar-refractivity contribution in [3.63, 3.8) is 0 Å². The molecular formula is C40H57BrN4O9. The number of fused-ring (bicyclic) bond motifs is 1. The molecule has 3 amide bonds. The van der Waals surface area contributed by atoms with Crippen LogP contribution in [-0.2, 0) is 38.1 Å². The molecule has 4 fully saturated rings. The number of benzene rings is 1. The molecule has 4 aliphatic rings. The Morgan fingerprint density at radius 2 is 1.91 bits per heavy atom. The van der Waals surface area contributed by atoms with Gasteiger partial charge >= 0.3 is 5.97 Å². The SMILES string of the molecule is C=CCCC(=O)N[C@@H](COC)[C@@H](OC(=O)[C@@H]1[C@H]2O[C@@]3(CC2Br)[C@H](C(=O)N(CC=C)CCN2CCOCC2)N([C@@H](CO)[C@@H](C)CC)C(=O)[C@@H]13)c1ccccc1. The number of aliphatic hydroxyl groups excluding tert-OH is 1. The summed E-state index contributed by atoms with van der Waals surface area (Å²) in [4.78, 5) is 62.7. The van der Waals surface area contributed by atoms with Gasteiger partial charge in [-0.1, -0.05) is 78.7 Å². The molecule has 10 atom stereocenters. The van der Waals surface area contributed by atoms with Gasteiger partial charge in [-0.3, -0.25) is 24.1 Å². The third-order valence-electron chi connectivity index (χ3n) is 11.5. The van der Waals surface area contributed by atoms with Crippen LogP contribution in [0.15, 0.2) is 55.6 Å². The zero-order chi connectivity index (χ0) is 39.0. The summed E-state index contributed by atoms with van der Waals surface area (Å²) in [6.07, 6.45) is 3.23. The van der Waals surface area contributed by atoms with Crippen LogP contribution in [0.25, 0.3) is 0 Å². The van der Waals surface area contributed by atoms with Crippen molar-refractivity contribution in [2.24, 2.45) is 17.8 Å². The summed E-state index contributed by atoms with van der Waals surface area (Å²) >= 11 is 3.76. The largest absolute Gasteiger partial charge is 0.455 e. The van der Waals surface area contributed by atoms with Crippen LogP contribution >= 0.6 is 15.9 Å². The lowest BCUT2D eigenvalue weighted by atomic mass is 9.70. The van der Waals surface area contributed by atoms with E-state index in [4.69, 9.17) is 18.9 Å². The molecule has 2 N–H and O–H groups in total. The first kappa shape index (κ1) is 42.0. The average molecular weight is 818 g/mol. The van der Waals surface area contributed by atoms with Gasteiger partial charge in [-0.25, -0.2) is 0 Å². The number of carbonyl (C=O) groups excluding carboxylic acids is 4. The van der Waals surface area contributed by atoms with Gasteiger partial charge in [0.15, 0.2) is 0 Å². The molecule has 4 heterocycles. The van der Waals surface area contributed by atoms with Crippen molar-refractivity contribution in [2.45, 2.75) is 80.3 Å². The Kier molecular flexibility index (Phi) is 14.9. The maximum atomic E-state index is 15.0. The van der Waals surface area contributed by atoms with Gasteiger partial charge in [0.1, 0.15) is 17.7 Å². The van der Waals surface area contributed by atoms with Gasteiger partial charge in [0.25, 0.3) is 0 Å². The summed E-state index contributed by atoms with van der Waals surface area (Å²) in [5.74, 6) is -3.91. The van der Waals surface area contributed by atoms with Crippen molar-refractivity contribution in [3.8, 4) is 0 Å². The van der Waals surface area contributed by atoms with Crippen molar-refractivity contribution < 1.29 is 43.2 Å². The molecule has 13 nitrogen and oxygen atoms in total. The minimum Gasteiger partial charge on any atom is -0.455 e. The molecule has 54 heavy (non-hydrogen) atoms. The summed E-state index contributed by atoms with van der Waals surface area (Å²) in [5.41, 5.74) is -0.723. The highest BCUT2D eigenvalue weighted by Gasteiger charge is 2.77. The number of hydrogen-bond acceptors (Lipinski definition) is 10. The summed E-state index contributed by atoms with van der Waals surface area (Å²) < 4.78 is 24.2. The van der Waals surface area contributed by atoms with Crippen LogP contribution in [0.4, 0.5) is 0 Å². The van der Waals surface area contributed by atoms with E-state index in [-0.39, 0.29) is 48.7 Å². The van der Waals surface area contributed by atoms with E-state index in [1.807, 2.05) is 44.2 Å². The lowest BCUT2D eigenvalue weighted by Crippen LogP contribution is -2.60. The maximum Gasteiger partial charge on any atom is 0.313 e. The Bertz CT molecular complexity index is 1480. The molecule has 298 valence electrons. The van der Waals surface area contributed by atoms with E-state index in [2.05, 4.69) is 39.3 Å². The van der Waals surface area contributed by atoms with Gasteiger partial charge < -0.3 is 39.2 Å². The number of allylic oxidation sites excluding steroid dienone is 1. The molecule has 0 aromatic heterocycles. The number of amides is 3. The smallest absolute Gasteiger partial charge is 0.313 e. The number of nitrogens with one attached hydrogen (secondary N) is 1. The molecule has 1 spiro atoms. The molecule has 0 radical (unpaired) electrons. The van der Waals surface area contributed by atoms with Gasteiger partial charge in [0, 0.05) is 51.1 Å². The fourth-order valence-electron chi connectivity index (χ4n) is 8.62. The van der Waals surface area contributed by atoms with Gasteiger partial charge in [-0.05, 0) is 24.3 Å². The second-order valence-corrected chi connectivity index (χ2v) is 16.0. The number of rotatable bonds is 20. The summed E-state index contributed by atoms with van der Waals surface area (Å²) in [6, 6.07) is 6.55. The van der Waals surface area contributed by atoms with Crippen LogP contribution in [0.5, 0.6) is 0 Å². The molecule has 2 bridgehead atoms. The van der Waals surface area contributed by atoms with E-state index < -0.39 is 59.6 Å². The fraction of sp³-hybridized carbons (Fsp3) is 0.650. The number of esters is 1. The van der Waals surface area contributed by atoms with Crippen LogP contribution in [-0.4, -0.2) is 144 Å². The molecule has 4 saturated heterocycles. The summed E-state index contributed by atoms with van der Waals surface area (Å²) in [6.45, 7) is 15.2. The quantitative estimate of drug-likeness (QED) is 0.115. The molecule has 0 saturated carbocycles. The minimum absolute atomic E-state index is 0.0473. The third kappa shape index (κ3) is 8.63. The number of alkyl halides is 1. The van der Waals surface area contributed by atoms with Crippen LogP contribution in [0.2, 0.25) is 0 Å². The fourth-order valence-corrected chi connectivity index (χ4v) is 9.56. The normalized spacial score (nSPS) is 28.5. The van der Waals surface area contributed by atoms with Gasteiger partial charge in [0.05, 0.1) is 56.5 Å². The van der Waals surface area contributed by atoms with Crippen LogP contribution in [0.3, 0.4) is 0 Å². The number of carbonyl (C=O) groups is 4. The number of nitrogens with zero attached hydrogens (tertiary/aromatic N) is 3. The summed E-state index contributed by atoms with van der Waals surface area (Å²) in [7, 11) is 1.50. The van der Waals surface area contributed by atoms with Crippen molar-refractivity contribution in [3.05, 3.63) is 61.2 Å². The van der Waals surface area contributed by atoms with Crippen molar-refractivity contribution in [1.82, 2.24) is 20.0 Å². The lowest BCUT2D eigenvalue weighted by molar-refractivity contribution is -0.163. The van der Waals surface area contributed by atoms with E-state index in [0.29, 0.717) is 51.1 Å². The van der Waals surface area contributed by atoms with Crippen molar-refractivity contribution in [1.29, 1.82) is 0 Å². The predicted molar refractivity (Wildman–Crippen MR) is 205 cm³/mol. The molecule has 4 aliphatic heterocycles. The zero-order valence-electron chi connectivity index (χ0n) is 31.8. The van der Waals surface area contributed by atoms with Gasteiger partial charge in [-0.2, -0.15) is 0 Å². The van der Waals surface area contributed by atoms with E-state index in [1.165, 1.54) is 12.0 Å². The highest BCUT2D eigenvalue weighted by atomic mass is 79.9. The Balaban J connectivity index is 1.51. The van der Waals surface area contributed by atoms with Crippen LogP contribution < -0.4 is 5.32 Å². The average Bonchev–Trinajstić information content (AvgIpc) is 3.78. The maximum absolute atomic E-state index is 15.0. The first-order valence-corrected chi connectivity index (χ1v) is 20.1.